The van der Waals surface area contributed by atoms with Crippen LogP contribution in [0.25, 0.3) is 0 Å². The third kappa shape index (κ3) is 3.21. The van der Waals surface area contributed by atoms with Gasteiger partial charge in [-0.1, -0.05) is 25.1 Å². The van der Waals surface area contributed by atoms with Gasteiger partial charge in [-0.3, -0.25) is 0 Å². The zero-order chi connectivity index (χ0) is 16.3. The van der Waals surface area contributed by atoms with Crippen molar-refractivity contribution in [3.05, 3.63) is 29.8 Å². The fourth-order valence-corrected chi connectivity index (χ4v) is 3.47. The minimum Gasteiger partial charge on any atom is -0.478 e. The van der Waals surface area contributed by atoms with E-state index in [2.05, 4.69) is 0 Å². The molecule has 5 heteroatoms. The van der Waals surface area contributed by atoms with E-state index in [9.17, 15) is 9.90 Å². The second-order valence-electron chi connectivity index (χ2n) is 6.29. The van der Waals surface area contributed by atoms with E-state index in [0.717, 1.165) is 24.8 Å². The number of para-hydroxylation sites is 1. The number of carbonyl (C=O) groups is 1. The molecule has 23 heavy (non-hydrogen) atoms. The first kappa shape index (κ1) is 16.3. The molecule has 126 valence electrons. The monoisotopic (exact) mass is 320 g/mol. The van der Waals surface area contributed by atoms with Gasteiger partial charge in [0.25, 0.3) is 0 Å². The molecule has 0 aromatic heterocycles. The Labute approximate surface area is 136 Å². The molecular formula is C18H24O5. The van der Waals surface area contributed by atoms with Gasteiger partial charge >= 0.3 is 5.97 Å². The summed E-state index contributed by atoms with van der Waals surface area (Å²) in [6, 6.07) is 7.64. The molecule has 1 N–H and O–H groups in total. The first-order chi connectivity index (χ1) is 11.2. The van der Waals surface area contributed by atoms with Crippen LogP contribution in [-0.2, 0) is 20.7 Å². The maximum absolute atomic E-state index is 12.0. The number of hydrogen-bond donors (Lipinski definition) is 1. The van der Waals surface area contributed by atoms with Gasteiger partial charge in [-0.2, -0.15) is 0 Å². The van der Waals surface area contributed by atoms with Crippen LogP contribution in [0.3, 0.4) is 0 Å². The lowest BCUT2D eigenvalue weighted by Gasteiger charge is -2.41. The summed E-state index contributed by atoms with van der Waals surface area (Å²) < 4.78 is 17.4. The first-order valence-electron chi connectivity index (χ1n) is 8.39. The molecule has 0 radical (unpaired) electrons. The number of fused-ring (bicyclic) bond motifs is 1. The van der Waals surface area contributed by atoms with Crippen LogP contribution in [0.2, 0.25) is 0 Å². The normalized spacial score (nSPS) is 30.3. The van der Waals surface area contributed by atoms with E-state index in [4.69, 9.17) is 14.2 Å². The maximum atomic E-state index is 12.0. The van der Waals surface area contributed by atoms with Crippen LogP contribution in [0.5, 0.6) is 5.75 Å². The predicted octanol–water partition coefficient (Wildman–Crippen LogP) is 3.01. The lowest BCUT2D eigenvalue weighted by atomic mass is 9.78. The van der Waals surface area contributed by atoms with E-state index in [-0.39, 0.29) is 12.2 Å². The van der Waals surface area contributed by atoms with Crippen LogP contribution in [-0.4, -0.2) is 36.2 Å². The Morgan fingerprint density at radius 1 is 1.39 bits per heavy atom. The summed E-state index contributed by atoms with van der Waals surface area (Å²) in [5.74, 6) is -0.486. The molecule has 3 atom stereocenters. The molecule has 0 saturated carbocycles. The zero-order valence-electron chi connectivity index (χ0n) is 13.5. The quantitative estimate of drug-likeness (QED) is 0.903. The first-order valence-corrected chi connectivity index (χ1v) is 8.39. The molecule has 2 aliphatic rings. The van der Waals surface area contributed by atoms with Crippen LogP contribution in [0.15, 0.2) is 24.3 Å². The van der Waals surface area contributed by atoms with E-state index in [0.29, 0.717) is 31.8 Å². The van der Waals surface area contributed by atoms with Gasteiger partial charge in [-0.25, -0.2) is 4.79 Å². The minimum atomic E-state index is -1.23. The predicted molar refractivity (Wildman–Crippen MR) is 84.5 cm³/mol. The van der Waals surface area contributed by atoms with Crippen molar-refractivity contribution in [3.63, 3.8) is 0 Å². The van der Waals surface area contributed by atoms with Gasteiger partial charge in [0.05, 0.1) is 6.61 Å². The fourth-order valence-electron chi connectivity index (χ4n) is 3.47. The number of aliphatic carboxylic acids is 1. The minimum absolute atomic E-state index is 0.218. The van der Waals surface area contributed by atoms with Gasteiger partial charge in [0.2, 0.25) is 5.60 Å². The lowest BCUT2D eigenvalue weighted by molar-refractivity contribution is -0.191. The summed E-state index contributed by atoms with van der Waals surface area (Å²) in [5, 5.41) is 9.81. The molecule has 1 fully saturated rings. The molecule has 0 amide bonds. The van der Waals surface area contributed by atoms with Crippen LogP contribution in [0.1, 0.15) is 38.2 Å². The van der Waals surface area contributed by atoms with Crippen LogP contribution >= 0.6 is 0 Å². The fraction of sp³-hybridized carbons (Fsp3) is 0.611. The molecule has 3 rings (SSSR count). The standard InChI is InChI=1S/C18H24O5/c1-2-18(17(19)20)14(12-22-16-9-5-6-10-21-16)11-13-7-3-4-8-15(13)23-18/h3-4,7-8,14,16H,2,5-6,9-12H2,1H3,(H,19,20). The highest BCUT2D eigenvalue weighted by Crippen LogP contribution is 2.39. The Morgan fingerprint density at radius 2 is 2.22 bits per heavy atom. The highest BCUT2D eigenvalue weighted by Gasteiger charge is 2.50. The number of hydrogen-bond acceptors (Lipinski definition) is 4. The van der Waals surface area contributed by atoms with Crippen molar-refractivity contribution in [3.8, 4) is 5.75 Å². The van der Waals surface area contributed by atoms with Crippen molar-refractivity contribution < 1.29 is 24.1 Å². The van der Waals surface area contributed by atoms with Crippen molar-refractivity contribution >= 4 is 5.97 Å². The Balaban J connectivity index is 1.78. The highest BCUT2D eigenvalue weighted by atomic mass is 16.7. The van der Waals surface area contributed by atoms with Gasteiger partial charge < -0.3 is 19.3 Å². The van der Waals surface area contributed by atoms with Gasteiger partial charge in [-0.15, -0.1) is 0 Å². The number of carboxylic acid groups (broad SMARTS) is 1. The topological polar surface area (TPSA) is 65.0 Å². The van der Waals surface area contributed by atoms with Crippen molar-refractivity contribution in [1.29, 1.82) is 0 Å². The van der Waals surface area contributed by atoms with Gasteiger partial charge in [0.15, 0.2) is 6.29 Å². The summed E-state index contributed by atoms with van der Waals surface area (Å²) in [5.41, 5.74) is -0.195. The summed E-state index contributed by atoms with van der Waals surface area (Å²) in [4.78, 5) is 12.0. The Hall–Kier alpha value is -1.59. The molecule has 2 heterocycles. The summed E-state index contributed by atoms with van der Waals surface area (Å²) in [6.07, 6.45) is 3.85. The molecule has 2 aliphatic heterocycles. The Morgan fingerprint density at radius 3 is 2.91 bits per heavy atom. The van der Waals surface area contributed by atoms with Crippen molar-refractivity contribution in [2.24, 2.45) is 5.92 Å². The second kappa shape index (κ2) is 6.89. The maximum Gasteiger partial charge on any atom is 0.348 e. The molecule has 1 aromatic rings. The molecule has 0 spiro atoms. The van der Waals surface area contributed by atoms with Gasteiger partial charge in [-0.05, 0) is 43.7 Å². The Kier molecular flexibility index (Phi) is 4.87. The smallest absolute Gasteiger partial charge is 0.348 e. The molecule has 0 bridgehead atoms. The van der Waals surface area contributed by atoms with Crippen molar-refractivity contribution in [2.75, 3.05) is 13.2 Å². The van der Waals surface area contributed by atoms with Crippen LogP contribution in [0.4, 0.5) is 0 Å². The van der Waals surface area contributed by atoms with Gasteiger partial charge in [0.1, 0.15) is 5.75 Å². The van der Waals surface area contributed by atoms with Crippen molar-refractivity contribution in [1.82, 2.24) is 0 Å². The summed E-state index contributed by atoms with van der Waals surface area (Å²) in [7, 11) is 0. The highest BCUT2D eigenvalue weighted by molar-refractivity contribution is 5.79. The van der Waals surface area contributed by atoms with E-state index in [1.165, 1.54) is 0 Å². The molecule has 0 aliphatic carbocycles. The third-order valence-electron chi connectivity index (χ3n) is 4.90. The number of benzene rings is 1. The van der Waals surface area contributed by atoms with E-state index in [1.807, 2.05) is 31.2 Å². The van der Waals surface area contributed by atoms with E-state index < -0.39 is 11.6 Å². The molecule has 1 saturated heterocycles. The SMILES string of the molecule is CCC1(C(=O)O)Oc2ccccc2CC1COC1CCCCO1. The number of carboxylic acids is 1. The number of ether oxygens (including phenoxy) is 3. The molecule has 1 aromatic carbocycles. The molecule has 3 unspecified atom stereocenters. The van der Waals surface area contributed by atoms with Crippen LogP contribution < -0.4 is 4.74 Å². The lowest BCUT2D eigenvalue weighted by Crippen LogP contribution is -2.55. The largest absolute Gasteiger partial charge is 0.478 e. The average Bonchev–Trinajstić information content (AvgIpc) is 2.59. The number of rotatable bonds is 5. The summed E-state index contributed by atoms with van der Waals surface area (Å²) in [6.45, 7) is 2.90. The average molecular weight is 320 g/mol. The third-order valence-corrected chi connectivity index (χ3v) is 4.90. The van der Waals surface area contributed by atoms with Crippen LogP contribution in [0, 0.1) is 5.92 Å². The zero-order valence-corrected chi connectivity index (χ0v) is 13.5. The van der Waals surface area contributed by atoms with E-state index in [1.54, 1.807) is 0 Å². The second-order valence-corrected chi connectivity index (χ2v) is 6.29. The van der Waals surface area contributed by atoms with Crippen molar-refractivity contribution in [2.45, 2.75) is 50.9 Å². The summed E-state index contributed by atoms with van der Waals surface area (Å²) >= 11 is 0. The van der Waals surface area contributed by atoms with Gasteiger partial charge in [0, 0.05) is 12.5 Å². The Bertz CT molecular complexity index is 552. The van der Waals surface area contributed by atoms with E-state index >= 15 is 0 Å². The molecular weight excluding hydrogens is 296 g/mol. The molecule has 5 nitrogen and oxygen atoms in total.